The maximum Gasteiger partial charge on any atom is 0.337 e. The molecule has 10 rings (SSSR count). The summed E-state index contributed by atoms with van der Waals surface area (Å²) in [6.07, 6.45) is -5.95. The predicted octanol–water partition coefficient (Wildman–Crippen LogP) is 5.54. The van der Waals surface area contributed by atoms with Crippen molar-refractivity contribution in [1.82, 2.24) is 10.6 Å². The van der Waals surface area contributed by atoms with E-state index in [-0.39, 0.29) is 151 Å². The average Bonchev–Trinajstić information content (AvgIpc) is 4.22. The van der Waals surface area contributed by atoms with Gasteiger partial charge < -0.3 is 65.3 Å². The first kappa shape index (κ1) is 69.1. The number of nitrogens with one attached hydrogen (secondary N) is 2. The number of aliphatic hydroxyl groups is 7. The molecule has 8 aliphatic rings. The number of likely N-dealkylation sites (N-methyl/N-ethyl adjacent to an activating group) is 1. The van der Waals surface area contributed by atoms with E-state index in [9.17, 15) is 54.9 Å². The Hall–Kier alpha value is -0.397. The first-order valence-corrected chi connectivity index (χ1v) is 30.4. The summed E-state index contributed by atoms with van der Waals surface area (Å²) < 4.78 is 23.5. The molecular weight excluding hydrogens is 1520 g/mol. The minimum Gasteiger partial charge on any atom is -0.457 e. The molecule has 21 heteroatoms. The van der Waals surface area contributed by atoms with Crippen LogP contribution in [0.1, 0.15) is 138 Å². The molecule has 17 nitrogen and oxygen atoms in total. The quantitative estimate of drug-likeness (QED) is 0.104. The zero-order valence-corrected chi connectivity index (χ0v) is 61.4. The van der Waals surface area contributed by atoms with E-state index in [0.29, 0.717) is 11.1 Å². The van der Waals surface area contributed by atoms with Crippen molar-refractivity contribution in [2.45, 2.75) is 193 Å². The first-order chi connectivity index (χ1) is 37.1. The zero-order chi connectivity index (χ0) is 59.2. The zero-order valence-electron chi connectivity index (χ0n) is 50.3. The van der Waals surface area contributed by atoms with Gasteiger partial charge in [-0.3, -0.25) is 14.4 Å². The minimum atomic E-state index is -1.53. The molecule has 2 unspecified atom stereocenters. The summed E-state index contributed by atoms with van der Waals surface area (Å²) in [5.74, 6) is -6.29. The van der Waals surface area contributed by atoms with Gasteiger partial charge in [0.2, 0.25) is 0 Å². The van der Waals surface area contributed by atoms with Crippen molar-refractivity contribution in [2.24, 2.45) is 63.1 Å². The molecule has 9 N–H and O–H groups in total. The Balaban J connectivity index is 0.000000230. The molecule has 4 saturated carbocycles. The molecule has 2 saturated heterocycles. The van der Waals surface area contributed by atoms with Gasteiger partial charge in [0.25, 0.3) is 0 Å². The van der Waals surface area contributed by atoms with Crippen molar-refractivity contribution in [3.8, 4) is 0 Å². The number of hydrogen-bond donors (Lipinski definition) is 9. The molecular formula is C61H88Ac2N2O15S2. The summed E-state index contributed by atoms with van der Waals surface area (Å²) in [5.41, 5.74) is -7.21. The second kappa shape index (κ2) is 24.1. The van der Waals surface area contributed by atoms with Crippen LogP contribution in [0.5, 0.6) is 0 Å². The monoisotopic (exact) mass is 1610 g/mol. The Morgan fingerprint density at radius 1 is 0.646 bits per heavy atom. The number of fused-ring (bicyclic) bond motifs is 10. The van der Waals surface area contributed by atoms with Crippen molar-refractivity contribution >= 4 is 46.2 Å². The summed E-state index contributed by atoms with van der Waals surface area (Å²) in [6, 6.07) is 6.71. The molecule has 0 spiro atoms. The second-order valence-corrected chi connectivity index (χ2v) is 28.7. The van der Waals surface area contributed by atoms with Crippen LogP contribution in [-0.4, -0.2) is 152 Å². The Kier molecular flexibility index (Phi) is 20.3. The maximum absolute atomic E-state index is 14.4. The first-order valence-electron chi connectivity index (χ1n) is 28.6. The SMILES string of the molecule is CN[C@@H](c1cccs1)[C@@H](C)C(=O)O[C@H]1C[C@@]2(O)[C@@H](C)C3[C@]4(O)CO[C@@H]4C[C@H](O)[C@@]3(C)C(=O)[C@H](C)C(=C1C)C2(C)C.CN[C@@H](c1cccs1)[C@@H](O)C(=O)O[C@H]1C[C@@]2(O)[C@@H](C)C3[C@]4(O)CO[C@@H]4C[C@H](O)[C@@]3(C)C(=O)[C@H](C)C(=C1C)C2(C)C.[Ac].[Ac]. The smallest absolute Gasteiger partial charge is 0.337 e. The summed E-state index contributed by atoms with van der Waals surface area (Å²) in [4.78, 5) is 57.5. The Bertz CT molecular complexity index is 2630. The normalized spacial score (nSPS) is 42.9. The molecule has 2 aromatic heterocycles. The van der Waals surface area contributed by atoms with Crippen LogP contribution in [0.3, 0.4) is 0 Å². The van der Waals surface area contributed by atoms with Crippen LogP contribution in [0.4, 0.5) is 0 Å². The summed E-state index contributed by atoms with van der Waals surface area (Å²) >= 11 is 2.98. The van der Waals surface area contributed by atoms with E-state index in [4.69, 9.17) is 18.9 Å². The fourth-order valence-corrected chi connectivity index (χ4v) is 19.8. The van der Waals surface area contributed by atoms with E-state index >= 15 is 0 Å². The van der Waals surface area contributed by atoms with E-state index in [1.165, 1.54) is 11.3 Å². The number of carbonyl (C=O) groups excluding carboxylic acids is 4. The number of carbonyl (C=O) groups is 4. The Morgan fingerprint density at radius 3 is 1.34 bits per heavy atom. The molecule has 6 aliphatic carbocycles. The van der Waals surface area contributed by atoms with Gasteiger partial charge in [0.1, 0.15) is 35.0 Å². The van der Waals surface area contributed by atoms with E-state index in [2.05, 4.69) is 10.6 Å². The van der Waals surface area contributed by atoms with Crippen molar-refractivity contribution in [3.05, 3.63) is 67.1 Å². The van der Waals surface area contributed by atoms with Crippen LogP contribution >= 0.6 is 22.7 Å². The predicted molar refractivity (Wildman–Crippen MR) is 300 cm³/mol. The van der Waals surface area contributed by atoms with Gasteiger partial charge in [0.05, 0.1) is 77.7 Å². The van der Waals surface area contributed by atoms with Gasteiger partial charge in [-0.1, -0.05) is 74.4 Å². The Morgan fingerprint density at radius 2 is 1.01 bits per heavy atom. The van der Waals surface area contributed by atoms with E-state index < -0.39 is 140 Å². The molecule has 0 aromatic carbocycles. The third-order valence-corrected chi connectivity index (χ3v) is 24.5. The van der Waals surface area contributed by atoms with Crippen LogP contribution in [0.2, 0.25) is 0 Å². The molecule has 22 atom stereocenters. The van der Waals surface area contributed by atoms with Crippen molar-refractivity contribution < 1.29 is 162 Å². The van der Waals surface area contributed by atoms with E-state index in [0.717, 1.165) is 20.9 Å². The number of thiophene rings is 2. The van der Waals surface area contributed by atoms with Gasteiger partial charge in [-0.05, 0) is 98.8 Å². The number of esters is 2. The second-order valence-electron chi connectivity index (χ2n) is 26.7. The average molecular weight is 1610 g/mol. The van der Waals surface area contributed by atoms with E-state index in [1.807, 2.05) is 111 Å². The molecule has 2 radical (unpaired) electrons. The Labute approximate surface area is 563 Å². The van der Waals surface area contributed by atoms with Crippen molar-refractivity contribution in [1.29, 1.82) is 0 Å². The van der Waals surface area contributed by atoms with Crippen molar-refractivity contribution in [3.63, 3.8) is 0 Å². The molecule has 6 fully saturated rings. The van der Waals surface area contributed by atoms with Crippen LogP contribution in [0, 0.1) is 151 Å². The standard InChI is InChI=1S/C31H45NO7S.C30H43NO8S.2Ac/c1-15-19(39-27(35)17(3)24(32-8)20-10-9-11-40-20)13-31(37)18(4)25-29(7,21(33)12-22-30(25,36)14-38-22)26(34)16(2)23(15)28(31,5)6;1-14-17(39-26(35)23(33)22(31-7)18-9-8-10-40-18)12-30(37)16(3)24-28(6,19(32)11-20-29(24,36)13-38-20)25(34)15(2)21(14)27(30,4)5;;/h9-11,16-19,21-22,24-25,32-33,36-37H,12-14H2,1-8H3;8-10,15-17,19-20,22-24,31-33,36-37H,11-13H2,1-7H3;;/t16-,17-,18+,19+,21+,22-,24-,25?,29-,30+,31-;15-,16+,17+,19+,20-,22+,23-,24?,28-,29+,30-;;/m11../s1. The largest absolute Gasteiger partial charge is 0.457 e. The van der Waals surface area contributed by atoms with Crippen LogP contribution in [0.15, 0.2) is 57.3 Å². The third-order valence-electron chi connectivity index (χ3n) is 22.6. The van der Waals surface area contributed by atoms with Crippen molar-refractivity contribution in [2.75, 3.05) is 27.3 Å². The topological polar surface area (TPSA) is 271 Å². The molecule has 82 heavy (non-hydrogen) atoms. The summed E-state index contributed by atoms with van der Waals surface area (Å²) in [6.45, 7) is 24.0. The van der Waals surface area contributed by atoms with Gasteiger partial charge in [-0.2, -0.15) is 0 Å². The van der Waals surface area contributed by atoms with Gasteiger partial charge in [0, 0.05) is 158 Å². The van der Waals surface area contributed by atoms with E-state index in [1.54, 1.807) is 39.2 Å². The molecule has 2 aliphatic heterocycles. The van der Waals surface area contributed by atoms with Gasteiger partial charge >= 0.3 is 11.9 Å². The fourth-order valence-electron chi connectivity index (χ4n) is 18.0. The van der Waals surface area contributed by atoms with Gasteiger partial charge in [0.15, 0.2) is 6.10 Å². The van der Waals surface area contributed by atoms with Crippen LogP contribution < -0.4 is 10.6 Å². The minimum absolute atomic E-state index is 0. The number of ketones is 2. The third kappa shape index (κ3) is 10.0. The maximum atomic E-state index is 14.4. The molecule has 2 aromatic rings. The van der Waals surface area contributed by atoms with Crippen LogP contribution in [-0.2, 0) is 38.1 Å². The number of Topliss-reactive ketones (excluding diaryl/α,β-unsaturated/α-hetero) is 2. The number of hydrogen-bond acceptors (Lipinski definition) is 19. The number of rotatable bonds is 10. The summed E-state index contributed by atoms with van der Waals surface area (Å²) in [7, 11) is 3.47. The van der Waals surface area contributed by atoms with Gasteiger partial charge in [-0.25, -0.2) is 4.79 Å². The fraction of sp³-hybridized carbons (Fsp3) is 0.738. The molecule has 0 amide bonds. The molecule has 4 heterocycles. The molecule has 4 bridgehead atoms. The molecule has 450 valence electrons. The van der Waals surface area contributed by atoms with Gasteiger partial charge in [-0.15, -0.1) is 22.7 Å². The summed E-state index contributed by atoms with van der Waals surface area (Å²) in [5, 5.41) is 92.9. The van der Waals surface area contributed by atoms with Crippen LogP contribution in [0.25, 0.3) is 0 Å². The number of aliphatic hydroxyl groups excluding tert-OH is 3. The number of ether oxygens (including phenoxy) is 4.